The molecule has 0 fully saturated rings. The molecule has 0 aliphatic carbocycles. The van der Waals surface area contributed by atoms with Crippen molar-refractivity contribution in [1.82, 2.24) is 19.6 Å². The second-order valence-corrected chi connectivity index (χ2v) is 7.62. The number of carbonyl (C=O) groups is 1. The smallest absolute Gasteiger partial charge is 0.434 e. The summed E-state index contributed by atoms with van der Waals surface area (Å²) in [5.74, 6) is -0.624. The molecular weight excluding hydrogens is 407 g/mol. The third kappa shape index (κ3) is 4.22. The van der Waals surface area contributed by atoms with Gasteiger partial charge < -0.3 is 4.74 Å². The number of hydrogen-bond donors (Lipinski definition) is 0. The van der Waals surface area contributed by atoms with E-state index in [0.29, 0.717) is 16.9 Å². The molecule has 0 saturated carbocycles. The van der Waals surface area contributed by atoms with E-state index in [9.17, 15) is 18.0 Å². The molecule has 0 amide bonds. The van der Waals surface area contributed by atoms with Crippen LogP contribution in [0.4, 0.5) is 13.2 Å². The van der Waals surface area contributed by atoms with Crippen LogP contribution in [0.25, 0.3) is 5.65 Å². The lowest BCUT2D eigenvalue weighted by molar-refractivity contribution is -0.148. The minimum Gasteiger partial charge on any atom is -0.460 e. The molecule has 11 heteroatoms. The first-order valence-corrected chi connectivity index (χ1v) is 9.36. The summed E-state index contributed by atoms with van der Waals surface area (Å²) >= 11 is 0.852. The van der Waals surface area contributed by atoms with Crippen LogP contribution in [-0.2, 0) is 28.7 Å². The number of carbonyl (C=O) groups excluding carboxylic acids is 1. The number of aryl methyl sites for hydroxylation is 3. The van der Waals surface area contributed by atoms with Crippen molar-refractivity contribution in [2.75, 3.05) is 0 Å². The standard InChI is InChI=1S/C18H16F3N5O2S/c1-9-13(10(2)26-17(24-9)12(6-22)7-23-26)4-5-15(27)28-8-14-16(18(19,20)21)25-11(3)29-14/h7H,4-5,8H2,1-3H3. The van der Waals surface area contributed by atoms with Crippen LogP contribution in [0, 0.1) is 32.1 Å². The lowest BCUT2D eigenvalue weighted by atomic mass is 10.1. The molecule has 0 aliphatic rings. The highest BCUT2D eigenvalue weighted by Crippen LogP contribution is 2.34. The molecule has 0 saturated heterocycles. The zero-order valence-corrected chi connectivity index (χ0v) is 16.6. The number of esters is 1. The van der Waals surface area contributed by atoms with Gasteiger partial charge in [-0.1, -0.05) is 0 Å². The maximum absolute atomic E-state index is 13.0. The van der Waals surface area contributed by atoms with Crippen molar-refractivity contribution in [2.24, 2.45) is 0 Å². The Kier molecular flexibility index (Phi) is 5.57. The van der Waals surface area contributed by atoms with E-state index in [1.165, 1.54) is 17.6 Å². The van der Waals surface area contributed by atoms with Crippen LogP contribution >= 0.6 is 11.3 Å². The molecule has 3 aromatic rings. The quantitative estimate of drug-likeness (QED) is 0.581. The van der Waals surface area contributed by atoms with Crippen LogP contribution < -0.4 is 0 Å². The maximum Gasteiger partial charge on any atom is 0.434 e. The summed E-state index contributed by atoms with van der Waals surface area (Å²) in [5.41, 5.74) is 1.93. The van der Waals surface area contributed by atoms with Gasteiger partial charge in [-0.25, -0.2) is 14.5 Å². The van der Waals surface area contributed by atoms with Crippen LogP contribution in [-0.4, -0.2) is 25.6 Å². The lowest BCUT2D eigenvalue weighted by Gasteiger charge is -2.11. The van der Waals surface area contributed by atoms with E-state index in [1.807, 2.05) is 6.07 Å². The van der Waals surface area contributed by atoms with Gasteiger partial charge >= 0.3 is 12.1 Å². The second kappa shape index (κ2) is 7.79. The highest BCUT2D eigenvalue weighted by molar-refractivity contribution is 7.11. The number of nitrogens with zero attached hydrogens (tertiary/aromatic N) is 5. The summed E-state index contributed by atoms with van der Waals surface area (Å²) in [6, 6.07) is 2.02. The van der Waals surface area contributed by atoms with Gasteiger partial charge in [-0.15, -0.1) is 11.3 Å². The summed E-state index contributed by atoms with van der Waals surface area (Å²) in [6.07, 6.45) is -2.91. The monoisotopic (exact) mass is 423 g/mol. The van der Waals surface area contributed by atoms with E-state index in [1.54, 1.807) is 13.8 Å². The van der Waals surface area contributed by atoms with Crippen molar-refractivity contribution >= 4 is 23.0 Å². The molecule has 0 aromatic carbocycles. The van der Waals surface area contributed by atoms with Gasteiger partial charge in [0.1, 0.15) is 18.2 Å². The van der Waals surface area contributed by atoms with Crippen molar-refractivity contribution in [2.45, 2.75) is 46.4 Å². The van der Waals surface area contributed by atoms with Gasteiger partial charge in [0.25, 0.3) is 0 Å². The van der Waals surface area contributed by atoms with E-state index in [0.717, 1.165) is 22.6 Å². The number of alkyl halides is 3. The van der Waals surface area contributed by atoms with Crippen LogP contribution in [0.15, 0.2) is 6.20 Å². The lowest BCUT2D eigenvalue weighted by Crippen LogP contribution is -2.12. The average molecular weight is 423 g/mol. The van der Waals surface area contributed by atoms with Crippen LogP contribution in [0.1, 0.15) is 44.5 Å². The topological polar surface area (TPSA) is 93.2 Å². The Labute approximate surface area is 167 Å². The third-order valence-electron chi connectivity index (χ3n) is 4.35. The summed E-state index contributed by atoms with van der Waals surface area (Å²) in [7, 11) is 0. The molecule has 3 heterocycles. The van der Waals surface area contributed by atoms with Gasteiger partial charge in [-0.2, -0.15) is 23.5 Å². The minimum absolute atomic E-state index is 0.0274. The normalized spacial score (nSPS) is 11.6. The Balaban J connectivity index is 1.69. The van der Waals surface area contributed by atoms with E-state index in [4.69, 9.17) is 10.00 Å². The number of rotatable bonds is 5. The fourth-order valence-electron chi connectivity index (χ4n) is 2.99. The van der Waals surface area contributed by atoms with Crippen molar-refractivity contribution in [3.8, 4) is 6.07 Å². The molecule has 29 heavy (non-hydrogen) atoms. The fourth-order valence-corrected chi connectivity index (χ4v) is 3.85. The molecule has 3 rings (SSSR count). The number of fused-ring (bicyclic) bond motifs is 1. The van der Waals surface area contributed by atoms with Crippen molar-refractivity contribution in [3.05, 3.63) is 44.3 Å². The van der Waals surface area contributed by atoms with Crippen LogP contribution in [0.5, 0.6) is 0 Å². The van der Waals surface area contributed by atoms with Gasteiger partial charge in [0, 0.05) is 17.8 Å². The number of thiazole rings is 1. The van der Waals surface area contributed by atoms with Crippen molar-refractivity contribution in [3.63, 3.8) is 0 Å². The molecule has 0 bridgehead atoms. The number of aromatic nitrogens is 4. The number of hydrogen-bond acceptors (Lipinski definition) is 7. The van der Waals surface area contributed by atoms with Gasteiger partial charge in [0.05, 0.1) is 16.1 Å². The first-order valence-electron chi connectivity index (χ1n) is 8.54. The van der Waals surface area contributed by atoms with Crippen LogP contribution in [0.3, 0.4) is 0 Å². The van der Waals surface area contributed by atoms with Crippen LogP contribution in [0.2, 0.25) is 0 Å². The fraction of sp³-hybridized carbons (Fsp3) is 0.389. The first-order chi connectivity index (χ1) is 13.6. The molecule has 0 spiro atoms. The molecule has 152 valence electrons. The minimum atomic E-state index is -4.59. The van der Waals surface area contributed by atoms with Gasteiger partial charge in [-0.05, 0) is 32.8 Å². The van der Waals surface area contributed by atoms with E-state index in [2.05, 4.69) is 15.1 Å². The van der Waals surface area contributed by atoms with Crippen molar-refractivity contribution < 1.29 is 22.7 Å². The zero-order valence-electron chi connectivity index (χ0n) is 15.8. The summed E-state index contributed by atoms with van der Waals surface area (Å²) in [5, 5.41) is 13.5. The number of ether oxygens (including phenoxy) is 1. The maximum atomic E-state index is 13.0. The SMILES string of the molecule is Cc1nc(C(F)(F)F)c(COC(=O)CCc2c(C)nc3c(C#N)cnn3c2C)s1. The number of nitriles is 1. The third-order valence-corrected chi connectivity index (χ3v) is 5.29. The molecular formula is C18H16F3N5O2S. The Hall–Kier alpha value is -3.00. The Bertz CT molecular complexity index is 1130. The largest absolute Gasteiger partial charge is 0.460 e. The van der Waals surface area contributed by atoms with Gasteiger partial charge in [0.2, 0.25) is 0 Å². The van der Waals surface area contributed by atoms with E-state index < -0.39 is 24.4 Å². The first kappa shape index (κ1) is 20.7. The van der Waals surface area contributed by atoms with E-state index in [-0.39, 0.29) is 22.7 Å². The van der Waals surface area contributed by atoms with Gasteiger partial charge in [-0.3, -0.25) is 4.79 Å². The van der Waals surface area contributed by atoms with Gasteiger partial charge in [0.15, 0.2) is 11.3 Å². The predicted molar refractivity (Wildman–Crippen MR) is 97.1 cm³/mol. The highest BCUT2D eigenvalue weighted by Gasteiger charge is 2.37. The second-order valence-electron chi connectivity index (χ2n) is 6.33. The summed E-state index contributed by atoms with van der Waals surface area (Å²) < 4.78 is 45.5. The average Bonchev–Trinajstić information content (AvgIpc) is 3.22. The van der Waals surface area contributed by atoms with Crippen molar-refractivity contribution in [1.29, 1.82) is 5.26 Å². The molecule has 0 N–H and O–H groups in total. The molecule has 7 nitrogen and oxygen atoms in total. The summed E-state index contributed by atoms with van der Waals surface area (Å²) in [4.78, 5) is 19.8. The summed E-state index contributed by atoms with van der Waals surface area (Å²) in [6.45, 7) is 4.55. The zero-order chi connectivity index (χ0) is 21.3. The molecule has 0 aliphatic heterocycles. The predicted octanol–water partition coefficient (Wildman–Crippen LogP) is 3.68. The van der Waals surface area contributed by atoms with E-state index >= 15 is 0 Å². The molecule has 0 unspecified atom stereocenters. The molecule has 0 atom stereocenters. The molecule has 3 aromatic heterocycles. The Morgan fingerprint density at radius 1 is 1.31 bits per heavy atom. The Morgan fingerprint density at radius 2 is 2.03 bits per heavy atom. The number of halogens is 3. The molecule has 0 radical (unpaired) electrons. The Morgan fingerprint density at radius 3 is 2.69 bits per heavy atom. The highest BCUT2D eigenvalue weighted by atomic mass is 32.1.